The van der Waals surface area contributed by atoms with Crippen LogP contribution in [0.3, 0.4) is 0 Å². The zero-order valence-electron chi connectivity index (χ0n) is 15.3. The van der Waals surface area contributed by atoms with Gasteiger partial charge in [0.2, 0.25) is 15.9 Å². The first-order chi connectivity index (χ1) is 12.7. The van der Waals surface area contributed by atoms with E-state index in [1.54, 1.807) is 11.8 Å². The summed E-state index contributed by atoms with van der Waals surface area (Å²) >= 11 is 0. The van der Waals surface area contributed by atoms with Gasteiger partial charge in [0.05, 0.1) is 10.7 Å². The number of hydrogen-bond donors (Lipinski definition) is 1. The predicted octanol–water partition coefficient (Wildman–Crippen LogP) is 2.20. The van der Waals surface area contributed by atoms with E-state index >= 15 is 0 Å². The fourth-order valence-corrected chi connectivity index (χ4v) is 4.98. The second-order valence-corrected chi connectivity index (χ2v) is 9.73. The van der Waals surface area contributed by atoms with E-state index in [2.05, 4.69) is 4.72 Å². The molecule has 2 fully saturated rings. The monoisotopic (exact) mass is 390 g/mol. The topological polar surface area (TPSA) is 96.7 Å². The molecular weight excluding hydrogens is 368 g/mol. The molecule has 2 amide bonds. The van der Waals surface area contributed by atoms with Crippen LogP contribution in [0, 0.1) is 12.3 Å². The molecule has 1 aliphatic heterocycles. The second-order valence-electron chi connectivity index (χ2n) is 7.77. The molecule has 2 heterocycles. The van der Waals surface area contributed by atoms with Crippen molar-refractivity contribution < 1.29 is 22.4 Å². The Hall–Kier alpha value is -2.35. The van der Waals surface area contributed by atoms with Crippen molar-refractivity contribution in [2.45, 2.75) is 38.4 Å². The molecule has 4 rings (SSSR count). The highest BCUT2D eigenvalue weighted by Crippen LogP contribution is 2.34. The minimum Gasteiger partial charge on any atom is -0.451 e. The van der Waals surface area contributed by atoms with Gasteiger partial charge in [-0.15, -0.1) is 0 Å². The highest BCUT2D eigenvalue weighted by molar-refractivity contribution is 7.90. The van der Waals surface area contributed by atoms with Gasteiger partial charge in [-0.3, -0.25) is 14.3 Å². The molecule has 2 aliphatic rings. The second kappa shape index (κ2) is 6.09. The first-order valence-electron chi connectivity index (χ1n) is 9.05. The molecule has 27 heavy (non-hydrogen) atoms. The Kier molecular flexibility index (Phi) is 4.06. The lowest BCUT2D eigenvalue weighted by molar-refractivity contribution is -0.127. The van der Waals surface area contributed by atoms with Crippen LogP contribution in [-0.4, -0.2) is 43.5 Å². The van der Waals surface area contributed by atoms with Crippen LogP contribution in [0.25, 0.3) is 11.0 Å². The fourth-order valence-electron chi connectivity index (χ4n) is 3.56. The Bertz CT molecular complexity index is 1040. The van der Waals surface area contributed by atoms with Crippen molar-refractivity contribution in [1.29, 1.82) is 0 Å². The van der Waals surface area contributed by atoms with Crippen LogP contribution in [0.5, 0.6) is 0 Å². The van der Waals surface area contributed by atoms with E-state index in [1.165, 1.54) is 0 Å². The van der Waals surface area contributed by atoms with E-state index in [-0.39, 0.29) is 18.2 Å². The summed E-state index contributed by atoms with van der Waals surface area (Å²) in [6.07, 6.45) is 1.59. The third kappa shape index (κ3) is 3.12. The molecule has 1 aromatic carbocycles. The van der Waals surface area contributed by atoms with E-state index in [0.29, 0.717) is 31.4 Å². The van der Waals surface area contributed by atoms with E-state index in [0.717, 1.165) is 10.9 Å². The van der Waals surface area contributed by atoms with Crippen LogP contribution in [0.4, 0.5) is 0 Å². The smallest absolute Gasteiger partial charge is 0.289 e. The summed E-state index contributed by atoms with van der Waals surface area (Å²) in [6, 6.07) is 7.44. The third-order valence-corrected chi connectivity index (χ3v) is 7.36. The van der Waals surface area contributed by atoms with E-state index in [1.807, 2.05) is 31.2 Å². The number of fused-ring (bicyclic) bond motifs is 1. The van der Waals surface area contributed by atoms with Crippen LogP contribution in [0.2, 0.25) is 0 Å². The Labute approximate surface area is 157 Å². The molecule has 0 bridgehead atoms. The number of sulfonamides is 1. The van der Waals surface area contributed by atoms with E-state index in [4.69, 9.17) is 4.42 Å². The number of nitrogens with one attached hydrogen (secondary N) is 1. The molecule has 1 unspecified atom stereocenters. The summed E-state index contributed by atoms with van der Waals surface area (Å²) in [5.74, 6) is -0.539. The number of nitrogens with zero attached hydrogens (tertiary/aromatic N) is 1. The molecule has 8 heteroatoms. The van der Waals surface area contributed by atoms with Crippen molar-refractivity contribution in [3.05, 3.63) is 35.6 Å². The zero-order valence-corrected chi connectivity index (χ0v) is 16.1. The largest absolute Gasteiger partial charge is 0.451 e. The predicted molar refractivity (Wildman–Crippen MR) is 99.7 cm³/mol. The van der Waals surface area contributed by atoms with Crippen LogP contribution in [0.15, 0.2) is 28.7 Å². The maximum atomic E-state index is 12.9. The van der Waals surface area contributed by atoms with Crippen LogP contribution in [0.1, 0.15) is 42.3 Å². The number of rotatable bonds is 4. The molecule has 0 radical (unpaired) electrons. The number of hydrogen-bond acceptors (Lipinski definition) is 5. The van der Waals surface area contributed by atoms with Gasteiger partial charge in [0.1, 0.15) is 5.58 Å². The minimum absolute atomic E-state index is 0.161. The van der Waals surface area contributed by atoms with Gasteiger partial charge in [0.15, 0.2) is 5.76 Å². The Balaban J connectivity index is 1.51. The summed E-state index contributed by atoms with van der Waals surface area (Å²) in [6.45, 7) is 4.07. The van der Waals surface area contributed by atoms with Crippen molar-refractivity contribution in [2.75, 3.05) is 13.1 Å². The van der Waals surface area contributed by atoms with Gasteiger partial charge in [-0.05, 0) is 39.2 Å². The third-order valence-electron chi connectivity index (χ3n) is 5.54. The fraction of sp³-hybridized carbons (Fsp3) is 0.474. The van der Waals surface area contributed by atoms with Crippen molar-refractivity contribution in [2.24, 2.45) is 5.41 Å². The molecule has 1 saturated heterocycles. The summed E-state index contributed by atoms with van der Waals surface area (Å²) in [5, 5.41) is 0.429. The Morgan fingerprint density at radius 1 is 1.26 bits per heavy atom. The van der Waals surface area contributed by atoms with Gasteiger partial charge in [0, 0.05) is 24.0 Å². The lowest BCUT2D eigenvalue weighted by atomic mass is 9.89. The molecule has 2 aromatic rings. The lowest BCUT2D eigenvalue weighted by Crippen LogP contribution is -2.45. The van der Waals surface area contributed by atoms with E-state index < -0.39 is 26.6 Å². The Morgan fingerprint density at radius 2 is 1.96 bits per heavy atom. The molecule has 0 spiro atoms. The summed E-state index contributed by atoms with van der Waals surface area (Å²) < 4.78 is 32.1. The molecule has 7 nitrogen and oxygen atoms in total. The Morgan fingerprint density at radius 3 is 2.63 bits per heavy atom. The average molecular weight is 390 g/mol. The van der Waals surface area contributed by atoms with E-state index in [9.17, 15) is 18.0 Å². The number of amides is 2. The lowest BCUT2D eigenvalue weighted by Gasteiger charge is -2.23. The van der Waals surface area contributed by atoms with Crippen molar-refractivity contribution in [3.63, 3.8) is 0 Å². The number of carbonyl (C=O) groups excluding carboxylic acids is 2. The van der Waals surface area contributed by atoms with Crippen molar-refractivity contribution >= 4 is 32.8 Å². The molecule has 1 aromatic heterocycles. The van der Waals surface area contributed by atoms with Crippen molar-refractivity contribution in [3.8, 4) is 0 Å². The van der Waals surface area contributed by atoms with Crippen LogP contribution < -0.4 is 4.72 Å². The molecular formula is C19H22N2O5S. The van der Waals surface area contributed by atoms with Gasteiger partial charge in [-0.1, -0.05) is 18.2 Å². The number of carbonyl (C=O) groups is 2. The molecule has 144 valence electrons. The maximum Gasteiger partial charge on any atom is 0.289 e. The number of aryl methyl sites for hydroxylation is 1. The maximum absolute atomic E-state index is 12.9. The number of benzene rings is 1. The first kappa shape index (κ1) is 18.0. The highest BCUT2D eigenvalue weighted by atomic mass is 32.2. The van der Waals surface area contributed by atoms with Gasteiger partial charge in [-0.2, -0.15) is 0 Å². The average Bonchev–Trinajstić information content (AvgIpc) is 3.35. The normalized spacial score (nSPS) is 23.0. The van der Waals surface area contributed by atoms with Crippen molar-refractivity contribution in [1.82, 2.24) is 9.62 Å². The number of para-hydroxylation sites is 1. The van der Waals surface area contributed by atoms with Gasteiger partial charge in [-0.25, -0.2) is 8.42 Å². The number of likely N-dealkylation sites (tertiary alicyclic amines) is 1. The van der Waals surface area contributed by atoms with Gasteiger partial charge in [0.25, 0.3) is 5.91 Å². The zero-order chi connectivity index (χ0) is 19.4. The first-order valence-corrected chi connectivity index (χ1v) is 10.6. The molecule has 1 aliphatic carbocycles. The summed E-state index contributed by atoms with van der Waals surface area (Å²) in [4.78, 5) is 27.1. The van der Waals surface area contributed by atoms with Crippen LogP contribution in [-0.2, 0) is 14.8 Å². The summed E-state index contributed by atoms with van der Waals surface area (Å²) in [7, 11) is -3.60. The van der Waals surface area contributed by atoms with Crippen LogP contribution >= 0.6 is 0 Å². The molecule has 1 N–H and O–H groups in total. The van der Waals surface area contributed by atoms with Gasteiger partial charge < -0.3 is 9.32 Å². The number of furan rings is 1. The highest BCUT2D eigenvalue weighted by Gasteiger charge is 2.46. The summed E-state index contributed by atoms with van der Waals surface area (Å²) in [5.41, 5.74) is 0.482. The minimum atomic E-state index is -3.60. The SMILES string of the molecule is Cc1c(C(=O)N2CCC(C)(C(=O)NS(=O)(=O)C3CC3)C2)oc2ccccc12. The molecule has 1 saturated carbocycles. The standard InChI is InChI=1S/C19H22N2O5S/c1-12-14-5-3-4-6-15(14)26-16(12)17(22)21-10-9-19(2,11-21)18(23)20-27(24,25)13-7-8-13/h3-6,13H,7-11H2,1-2H3,(H,20,23). The van der Waals surface area contributed by atoms with Gasteiger partial charge >= 0.3 is 0 Å². The molecule has 1 atom stereocenters. The quantitative estimate of drug-likeness (QED) is 0.863.